The Kier molecular flexibility index (Phi) is 3.07. The standard InChI is InChI=1S/C13H15NO3S/c15-13-4-10(7-18)6-14(13)5-9-1-2-11-12(3-9)17-8-16-11/h1-3,10,18H,4-8H2. The van der Waals surface area contributed by atoms with E-state index in [-0.39, 0.29) is 12.7 Å². The van der Waals surface area contributed by atoms with E-state index in [1.165, 1.54) is 0 Å². The number of amides is 1. The van der Waals surface area contributed by atoms with Gasteiger partial charge in [0.15, 0.2) is 11.5 Å². The minimum absolute atomic E-state index is 0.215. The summed E-state index contributed by atoms with van der Waals surface area (Å²) in [5, 5.41) is 0. The molecule has 0 aromatic heterocycles. The molecule has 0 aliphatic carbocycles. The topological polar surface area (TPSA) is 38.8 Å². The van der Waals surface area contributed by atoms with Crippen molar-refractivity contribution in [3.8, 4) is 11.5 Å². The molecule has 1 aromatic carbocycles. The van der Waals surface area contributed by atoms with Crippen LogP contribution in [0.2, 0.25) is 0 Å². The van der Waals surface area contributed by atoms with E-state index >= 15 is 0 Å². The van der Waals surface area contributed by atoms with Crippen LogP contribution in [0.15, 0.2) is 18.2 Å². The number of ether oxygens (including phenoxy) is 2. The van der Waals surface area contributed by atoms with Gasteiger partial charge in [0, 0.05) is 19.5 Å². The van der Waals surface area contributed by atoms with Gasteiger partial charge in [0.2, 0.25) is 12.7 Å². The third-order valence-electron chi connectivity index (χ3n) is 3.36. The first-order valence-corrected chi connectivity index (χ1v) is 6.66. The number of benzene rings is 1. The molecule has 3 rings (SSSR count). The maximum atomic E-state index is 11.8. The molecule has 0 N–H and O–H groups in total. The number of thiol groups is 1. The molecule has 1 unspecified atom stereocenters. The molecule has 18 heavy (non-hydrogen) atoms. The number of hydrogen-bond acceptors (Lipinski definition) is 4. The van der Waals surface area contributed by atoms with Crippen LogP contribution < -0.4 is 9.47 Å². The summed E-state index contributed by atoms with van der Waals surface area (Å²) in [4.78, 5) is 13.7. The molecular formula is C13H15NO3S. The van der Waals surface area contributed by atoms with E-state index in [0.29, 0.717) is 18.9 Å². The minimum Gasteiger partial charge on any atom is -0.454 e. The summed E-state index contributed by atoms with van der Waals surface area (Å²) in [5.41, 5.74) is 1.08. The zero-order valence-electron chi connectivity index (χ0n) is 9.96. The molecular weight excluding hydrogens is 250 g/mol. The number of fused-ring (bicyclic) bond motifs is 1. The van der Waals surface area contributed by atoms with Gasteiger partial charge >= 0.3 is 0 Å². The van der Waals surface area contributed by atoms with Crippen molar-refractivity contribution < 1.29 is 14.3 Å². The SMILES string of the molecule is O=C1CC(CS)CN1Cc1ccc2c(c1)OCO2. The van der Waals surface area contributed by atoms with Crippen molar-refractivity contribution in [2.24, 2.45) is 5.92 Å². The summed E-state index contributed by atoms with van der Waals surface area (Å²) in [6, 6.07) is 5.83. The summed E-state index contributed by atoms with van der Waals surface area (Å²) in [6.45, 7) is 1.72. The Labute approximate surface area is 111 Å². The van der Waals surface area contributed by atoms with E-state index in [0.717, 1.165) is 29.4 Å². The second kappa shape index (κ2) is 4.72. The van der Waals surface area contributed by atoms with Gasteiger partial charge in [0.25, 0.3) is 0 Å². The monoisotopic (exact) mass is 265 g/mol. The number of hydrogen-bond donors (Lipinski definition) is 1. The van der Waals surface area contributed by atoms with E-state index in [4.69, 9.17) is 9.47 Å². The van der Waals surface area contributed by atoms with Crippen molar-refractivity contribution in [3.05, 3.63) is 23.8 Å². The molecule has 0 saturated carbocycles. The predicted molar refractivity (Wildman–Crippen MR) is 69.9 cm³/mol. The third kappa shape index (κ3) is 2.14. The van der Waals surface area contributed by atoms with Crippen LogP contribution in [0.5, 0.6) is 11.5 Å². The summed E-state index contributed by atoms with van der Waals surface area (Å²) in [7, 11) is 0. The molecule has 0 bridgehead atoms. The van der Waals surface area contributed by atoms with Crippen LogP contribution >= 0.6 is 12.6 Å². The molecule has 1 saturated heterocycles. The second-order valence-electron chi connectivity index (χ2n) is 4.71. The highest BCUT2D eigenvalue weighted by Gasteiger charge is 2.28. The Morgan fingerprint density at radius 3 is 2.94 bits per heavy atom. The second-order valence-corrected chi connectivity index (χ2v) is 5.08. The first-order chi connectivity index (χ1) is 8.76. The van der Waals surface area contributed by atoms with E-state index in [1.54, 1.807) is 0 Å². The fraction of sp³-hybridized carbons (Fsp3) is 0.462. The first kappa shape index (κ1) is 11.7. The van der Waals surface area contributed by atoms with Crippen LogP contribution in [0.25, 0.3) is 0 Å². The lowest BCUT2D eigenvalue weighted by atomic mass is 10.1. The maximum Gasteiger partial charge on any atom is 0.231 e. The number of likely N-dealkylation sites (tertiary alicyclic amines) is 1. The van der Waals surface area contributed by atoms with Gasteiger partial charge < -0.3 is 14.4 Å². The Bertz CT molecular complexity index is 477. The zero-order chi connectivity index (χ0) is 12.5. The average molecular weight is 265 g/mol. The molecule has 0 radical (unpaired) electrons. The smallest absolute Gasteiger partial charge is 0.231 e. The quantitative estimate of drug-likeness (QED) is 0.845. The third-order valence-corrected chi connectivity index (χ3v) is 3.88. The van der Waals surface area contributed by atoms with Gasteiger partial charge in [0.05, 0.1) is 0 Å². The number of carbonyl (C=O) groups excluding carboxylic acids is 1. The fourth-order valence-corrected chi connectivity index (χ4v) is 2.63. The van der Waals surface area contributed by atoms with Crippen molar-refractivity contribution in [2.45, 2.75) is 13.0 Å². The fourth-order valence-electron chi connectivity index (χ4n) is 2.39. The van der Waals surface area contributed by atoms with E-state index in [9.17, 15) is 4.79 Å². The van der Waals surface area contributed by atoms with Crippen LogP contribution in [-0.2, 0) is 11.3 Å². The molecule has 2 aliphatic heterocycles. The lowest BCUT2D eigenvalue weighted by Gasteiger charge is -2.16. The van der Waals surface area contributed by atoms with Crippen LogP contribution in [0, 0.1) is 5.92 Å². The van der Waals surface area contributed by atoms with Gasteiger partial charge in [-0.3, -0.25) is 4.79 Å². The minimum atomic E-state index is 0.215. The van der Waals surface area contributed by atoms with Gasteiger partial charge in [-0.2, -0.15) is 12.6 Å². The number of rotatable bonds is 3. The van der Waals surface area contributed by atoms with Gasteiger partial charge in [-0.1, -0.05) is 6.07 Å². The molecule has 2 aliphatic rings. The van der Waals surface area contributed by atoms with Crippen LogP contribution in [0.3, 0.4) is 0 Å². The molecule has 5 heteroatoms. The van der Waals surface area contributed by atoms with Crippen molar-refractivity contribution >= 4 is 18.5 Å². The predicted octanol–water partition coefficient (Wildman–Crippen LogP) is 1.69. The van der Waals surface area contributed by atoms with Crippen molar-refractivity contribution in [2.75, 3.05) is 19.1 Å². The van der Waals surface area contributed by atoms with E-state index in [1.807, 2.05) is 23.1 Å². The molecule has 1 fully saturated rings. The van der Waals surface area contributed by atoms with Crippen LogP contribution in [0.4, 0.5) is 0 Å². The Morgan fingerprint density at radius 1 is 1.33 bits per heavy atom. The largest absolute Gasteiger partial charge is 0.454 e. The van der Waals surface area contributed by atoms with Gasteiger partial charge in [-0.15, -0.1) is 0 Å². The van der Waals surface area contributed by atoms with Crippen molar-refractivity contribution in [1.29, 1.82) is 0 Å². The number of carbonyl (C=O) groups is 1. The summed E-state index contributed by atoms with van der Waals surface area (Å²) in [5.74, 6) is 2.91. The molecule has 1 amide bonds. The van der Waals surface area contributed by atoms with Crippen molar-refractivity contribution in [3.63, 3.8) is 0 Å². The molecule has 1 aromatic rings. The van der Waals surface area contributed by atoms with E-state index < -0.39 is 0 Å². The highest BCUT2D eigenvalue weighted by atomic mass is 32.1. The van der Waals surface area contributed by atoms with Crippen LogP contribution in [-0.4, -0.2) is 29.9 Å². The molecule has 2 heterocycles. The lowest BCUT2D eigenvalue weighted by molar-refractivity contribution is -0.128. The molecule has 0 spiro atoms. The molecule has 96 valence electrons. The highest BCUT2D eigenvalue weighted by molar-refractivity contribution is 7.80. The lowest BCUT2D eigenvalue weighted by Crippen LogP contribution is -2.24. The summed E-state index contributed by atoms with van der Waals surface area (Å²) >= 11 is 4.26. The van der Waals surface area contributed by atoms with Crippen molar-refractivity contribution in [1.82, 2.24) is 4.90 Å². The van der Waals surface area contributed by atoms with E-state index in [2.05, 4.69) is 12.6 Å². The Hall–Kier alpha value is -1.36. The average Bonchev–Trinajstić information content (AvgIpc) is 2.96. The highest BCUT2D eigenvalue weighted by Crippen LogP contribution is 2.33. The first-order valence-electron chi connectivity index (χ1n) is 6.03. The number of nitrogens with zero attached hydrogens (tertiary/aromatic N) is 1. The molecule has 1 atom stereocenters. The Balaban J connectivity index is 1.71. The maximum absolute atomic E-state index is 11.8. The van der Waals surface area contributed by atoms with Gasteiger partial charge in [0.1, 0.15) is 0 Å². The molecule has 4 nitrogen and oxygen atoms in total. The van der Waals surface area contributed by atoms with Crippen LogP contribution in [0.1, 0.15) is 12.0 Å². The summed E-state index contributed by atoms with van der Waals surface area (Å²) in [6.07, 6.45) is 0.619. The van der Waals surface area contributed by atoms with Gasteiger partial charge in [-0.25, -0.2) is 0 Å². The zero-order valence-corrected chi connectivity index (χ0v) is 10.9. The Morgan fingerprint density at radius 2 is 2.17 bits per heavy atom. The van der Waals surface area contributed by atoms with Gasteiger partial charge in [-0.05, 0) is 29.4 Å². The summed E-state index contributed by atoms with van der Waals surface area (Å²) < 4.78 is 10.6. The normalized spacial score (nSPS) is 21.7.